The Morgan fingerprint density at radius 1 is 0.633 bits per heavy atom. The third kappa shape index (κ3) is 3.05. The van der Waals surface area contributed by atoms with E-state index >= 15 is 0 Å². The Morgan fingerprint density at radius 2 is 0.967 bits per heavy atom. The van der Waals surface area contributed by atoms with Gasteiger partial charge in [-0.15, -0.1) is 0 Å². The number of halogens is 6. The van der Waals surface area contributed by atoms with Crippen LogP contribution in [0.3, 0.4) is 0 Å². The average molecular weight is 426 g/mol. The molecule has 1 nitrogen and oxygen atoms in total. The Morgan fingerprint density at radius 3 is 1.23 bits per heavy atom. The van der Waals surface area contributed by atoms with Crippen LogP contribution in [0.2, 0.25) is 0 Å². The van der Waals surface area contributed by atoms with Gasteiger partial charge in [0.05, 0.1) is 22.0 Å². The van der Waals surface area contributed by atoms with Crippen LogP contribution < -0.4 is 0 Å². The van der Waals surface area contributed by atoms with Crippen LogP contribution in [0.15, 0.2) is 48.5 Å². The topological polar surface area (TPSA) is 17.1 Å². The van der Waals surface area contributed by atoms with Gasteiger partial charge >= 0.3 is 12.4 Å². The van der Waals surface area contributed by atoms with E-state index < -0.39 is 40.1 Å². The molecule has 0 aromatic heterocycles. The Balaban J connectivity index is 1.86. The minimum atomic E-state index is -4.64. The van der Waals surface area contributed by atoms with Gasteiger partial charge in [0.1, 0.15) is 0 Å². The predicted octanol–water partition coefficient (Wildman–Crippen LogP) is 6.84. The van der Waals surface area contributed by atoms with Crippen LogP contribution in [-0.4, -0.2) is 5.78 Å². The van der Waals surface area contributed by atoms with Gasteiger partial charge in [0.15, 0.2) is 5.78 Å². The number of alkyl halides is 6. The summed E-state index contributed by atoms with van der Waals surface area (Å²) in [5.41, 5.74) is -4.77. The number of carbonyl (C=O) groups is 1. The van der Waals surface area contributed by atoms with Gasteiger partial charge in [-0.05, 0) is 48.9 Å². The van der Waals surface area contributed by atoms with Gasteiger partial charge < -0.3 is 0 Å². The summed E-state index contributed by atoms with van der Waals surface area (Å²) < 4.78 is 82.1. The standard InChI is InChI=1S/C23H20F6O/c24-22(25,26)17-9-3-1-7-15(17)20(11-5-12-20)19(30)21(13-6-14-21)16-8-2-4-10-18(16)23(27,28)29/h1-4,7-10H,5-6,11-14H2. The summed E-state index contributed by atoms with van der Waals surface area (Å²) in [6.45, 7) is 0. The molecule has 2 aromatic carbocycles. The van der Waals surface area contributed by atoms with Crippen molar-refractivity contribution in [2.75, 3.05) is 0 Å². The first-order valence-corrected chi connectivity index (χ1v) is 9.91. The van der Waals surface area contributed by atoms with Crippen LogP contribution in [0.4, 0.5) is 26.3 Å². The number of hydrogen-bond donors (Lipinski definition) is 0. The third-order valence-electron chi connectivity index (χ3n) is 6.78. The van der Waals surface area contributed by atoms with Gasteiger partial charge in [-0.2, -0.15) is 26.3 Å². The molecule has 2 aromatic rings. The van der Waals surface area contributed by atoms with Crippen molar-refractivity contribution in [1.29, 1.82) is 0 Å². The number of Topliss-reactive ketones (excluding diaryl/α,β-unsaturated/α-hetero) is 1. The molecule has 0 spiro atoms. The van der Waals surface area contributed by atoms with Gasteiger partial charge in [-0.3, -0.25) is 4.79 Å². The number of hydrogen-bond acceptors (Lipinski definition) is 1. The largest absolute Gasteiger partial charge is 0.416 e. The highest BCUT2D eigenvalue weighted by Crippen LogP contribution is 2.57. The zero-order valence-electron chi connectivity index (χ0n) is 16.0. The molecule has 0 atom stereocenters. The van der Waals surface area contributed by atoms with Crippen LogP contribution in [0.1, 0.15) is 60.8 Å². The number of rotatable bonds is 4. The molecule has 0 heterocycles. The lowest BCUT2D eigenvalue weighted by atomic mass is 9.49. The maximum absolute atomic E-state index is 13.9. The zero-order valence-corrected chi connectivity index (χ0v) is 16.0. The first-order chi connectivity index (χ1) is 14.0. The van der Waals surface area contributed by atoms with Gasteiger partial charge in [0, 0.05) is 0 Å². The molecule has 2 fully saturated rings. The van der Waals surface area contributed by atoms with Crippen molar-refractivity contribution >= 4 is 5.78 Å². The van der Waals surface area contributed by atoms with Gasteiger partial charge in [0.2, 0.25) is 0 Å². The summed E-state index contributed by atoms with van der Waals surface area (Å²) in [4.78, 5) is 13.9. The second kappa shape index (κ2) is 6.86. The highest BCUT2D eigenvalue weighted by atomic mass is 19.4. The predicted molar refractivity (Wildman–Crippen MR) is 99.0 cm³/mol. The van der Waals surface area contributed by atoms with E-state index in [1.807, 2.05) is 0 Å². The number of carbonyl (C=O) groups excluding carboxylic acids is 1. The molecular weight excluding hydrogens is 406 g/mol. The summed E-state index contributed by atoms with van der Waals surface area (Å²) in [5.74, 6) is -0.499. The van der Waals surface area contributed by atoms with E-state index in [4.69, 9.17) is 0 Å². The summed E-state index contributed by atoms with van der Waals surface area (Å²) in [5, 5.41) is 0. The normalized spacial score (nSPS) is 20.2. The summed E-state index contributed by atoms with van der Waals surface area (Å²) >= 11 is 0. The molecule has 7 heteroatoms. The second-order valence-electron chi connectivity index (χ2n) is 8.29. The molecule has 2 aliphatic carbocycles. The maximum atomic E-state index is 13.9. The van der Waals surface area contributed by atoms with Crippen molar-refractivity contribution < 1.29 is 31.1 Å². The van der Waals surface area contributed by atoms with E-state index in [1.165, 1.54) is 36.4 Å². The Hall–Kier alpha value is -2.31. The first-order valence-electron chi connectivity index (χ1n) is 9.91. The van der Waals surface area contributed by atoms with E-state index in [0.717, 1.165) is 12.1 Å². The van der Waals surface area contributed by atoms with E-state index in [9.17, 15) is 31.1 Å². The van der Waals surface area contributed by atoms with Crippen molar-refractivity contribution in [2.45, 2.75) is 61.7 Å². The lowest BCUT2D eigenvalue weighted by molar-refractivity contribution is -0.144. The van der Waals surface area contributed by atoms with E-state index in [-0.39, 0.29) is 36.8 Å². The van der Waals surface area contributed by atoms with Crippen molar-refractivity contribution in [2.24, 2.45) is 0 Å². The quantitative estimate of drug-likeness (QED) is 0.490. The molecule has 0 unspecified atom stereocenters. The van der Waals surface area contributed by atoms with Gasteiger partial charge in [-0.25, -0.2) is 0 Å². The van der Waals surface area contributed by atoms with E-state index in [0.29, 0.717) is 12.8 Å². The monoisotopic (exact) mass is 426 g/mol. The van der Waals surface area contributed by atoms with Crippen LogP contribution >= 0.6 is 0 Å². The highest BCUT2D eigenvalue weighted by Gasteiger charge is 2.59. The van der Waals surface area contributed by atoms with Crippen LogP contribution in [0.5, 0.6) is 0 Å². The first kappa shape index (κ1) is 20.9. The lowest BCUT2D eigenvalue weighted by Gasteiger charge is -2.52. The highest BCUT2D eigenvalue weighted by molar-refractivity contribution is 6.01. The second-order valence-corrected chi connectivity index (χ2v) is 8.29. The molecule has 0 aliphatic heterocycles. The lowest BCUT2D eigenvalue weighted by Crippen LogP contribution is -2.56. The molecule has 0 saturated heterocycles. The Labute approximate surface area is 170 Å². The van der Waals surface area contributed by atoms with Gasteiger partial charge in [0.25, 0.3) is 0 Å². The molecule has 4 rings (SSSR count). The molecule has 0 amide bonds. The molecular formula is C23H20F6O. The maximum Gasteiger partial charge on any atom is 0.416 e. The SMILES string of the molecule is O=C(C1(c2ccccc2C(F)(F)F)CCC1)C1(c2ccccc2C(F)(F)F)CCC1. The van der Waals surface area contributed by atoms with Crippen LogP contribution in [-0.2, 0) is 28.0 Å². The Kier molecular flexibility index (Phi) is 4.79. The van der Waals surface area contributed by atoms with E-state index in [2.05, 4.69) is 0 Å². The molecule has 160 valence electrons. The third-order valence-corrected chi connectivity index (χ3v) is 6.78. The van der Waals surface area contributed by atoms with E-state index in [1.54, 1.807) is 0 Å². The van der Waals surface area contributed by atoms with Crippen molar-refractivity contribution in [3.8, 4) is 0 Å². The molecule has 2 aliphatic rings. The summed E-state index contributed by atoms with van der Waals surface area (Å²) in [6.07, 6.45) is -7.29. The zero-order chi connectivity index (χ0) is 21.8. The molecule has 0 N–H and O–H groups in total. The fourth-order valence-corrected chi connectivity index (χ4v) is 5.05. The Bertz CT molecular complexity index is 887. The minimum Gasteiger partial charge on any atom is -0.298 e. The molecule has 30 heavy (non-hydrogen) atoms. The molecule has 2 saturated carbocycles. The van der Waals surface area contributed by atoms with Crippen molar-refractivity contribution in [1.82, 2.24) is 0 Å². The molecule has 0 radical (unpaired) electrons. The van der Waals surface area contributed by atoms with Gasteiger partial charge in [-0.1, -0.05) is 49.2 Å². The number of benzene rings is 2. The minimum absolute atomic E-state index is 0.107. The van der Waals surface area contributed by atoms with Crippen molar-refractivity contribution in [3.05, 3.63) is 70.8 Å². The number of ketones is 1. The van der Waals surface area contributed by atoms with Crippen LogP contribution in [0, 0.1) is 0 Å². The fraction of sp³-hybridized carbons (Fsp3) is 0.435. The van der Waals surface area contributed by atoms with Crippen LogP contribution in [0.25, 0.3) is 0 Å². The summed E-state index contributed by atoms with van der Waals surface area (Å²) in [6, 6.07) is 9.94. The smallest absolute Gasteiger partial charge is 0.298 e. The van der Waals surface area contributed by atoms with Crippen molar-refractivity contribution in [3.63, 3.8) is 0 Å². The summed E-state index contributed by atoms with van der Waals surface area (Å²) in [7, 11) is 0. The average Bonchev–Trinajstić information content (AvgIpc) is 2.59. The molecule has 0 bridgehead atoms. The fourth-order valence-electron chi connectivity index (χ4n) is 5.05.